The van der Waals surface area contributed by atoms with Crippen molar-refractivity contribution < 1.29 is 13.9 Å². The van der Waals surface area contributed by atoms with E-state index in [1.165, 1.54) is 16.9 Å². The molecule has 3 aromatic carbocycles. The number of pyridine rings is 1. The normalized spacial score (nSPS) is 15.1. The Labute approximate surface area is 315 Å². The Morgan fingerprint density at radius 2 is 1.40 bits per heavy atom. The van der Waals surface area contributed by atoms with E-state index in [4.69, 9.17) is 51.1 Å². The summed E-state index contributed by atoms with van der Waals surface area (Å²) in [5.74, 6) is -1.37. The maximum Gasteiger partial charge on any atom is 0.344 e. The number of hydrogen-bond donors (Lipinski definition) is 0. The first-order chi connectivity index (χ1) is 25.1. The van der Waals surface area contributed by atoms with Crippen molar-refractivity contribution in [3.63, 3.8) is 0 Å². The smallest absolute Gasteiger partial charge is 0.344 e. The topological polar surface area (TPSA) is 116 Å². The average Bonchev–Trinajstić information content (AvgIpc) is 3.68. The number of rotatable bonds is 9. The van der Waals surface area contributed by atoms with Gasteiger partial charge in [0.05, 0.1) is 50.7 Å². The molecule has 8 rings (SSSR count). The van der Waals surface area contributed by atoms with Crippen LogP contribution in [0.5, 0.6) is 0 Å². The largest absolute Gasteiger partial charge is 0.455 e. The quantitative estimate of drug-likeness (QED) is 0.144. The second kappa shape index (κ2) is 14.1. The highest BCUT2D eigenvalue weighted by molar-refractivity contribution is 6.36. The van der Waals surface area contributed by atoms with Crippen LogP contribution < -0.4 is 10.3 Å². The van der Waals surface area contributed by atoms with Gasteiger partial charge in [-0.05, 0) is 61.4 Å². The molecule has 1 aliphatic carbocycles. The summed E-state index contributed by atoms with van der Waals surface area (Å²) >= 11 is 24.6. The van der Waals surface area contributed by atoms with Crippen molar-refractivity contribution in [1.29, 1.82) is 0 Å². The highest BCUT2D eigenvalue weighted by Crippen LogP contribution is 2.38. The van der Waals surface area contributed by atoms with Gasteiger partial charge in [-0.15, -0.1) is 10.2 Å². The zero-order valence-corrected chi connectivity index (χ0v) is 30.2. The van der Waals surface area contributed by atoms with Crippen LogP contribution in [-0.2, 0) is 17.9 Å². The number of benzene rings is 3. The standard InChI is InChI=1S/C35H28Cl4FN9O3/c36-20-1-5-30(27(38)11-20)48-16-22(41-43-48)15-45-7-9-46(10-8-45)33-14-32-25(13-29(33)40)34(50)26(18-47(32)24-3-4-24)35(51)52-19-23-17-49(44-42-23)31-6-2-21(37)12-28(31)39/h1-2,5-6,11-14,16-18,24H,3-4,7-10,15,19H2. The van der Waals surface area contributed by atoms with Gasteiger partial charge in [0.2, 0.25) is 5.43 Å². The third-order valence-corrected chi connectivity index (χ3v) is 10.2. The second-order valence-corrected chi connectivity index (χ2v) is 14.4. The Morgan fingerprint density at radius 3 is 2.02 bits per heavy atom. The maximum absolute atomic E-state index is 15.8. The van der Waals surface area contributed by atoms with E-state index in [0.717, 1.165) is 18.5 Å². The van der Waals surface area contributed by atoms with Crippen molar-refractivity contribution >= 4 is 69.0 Å². The molecule has 1 saturated heterocycles. The number of carbonyl (C=O) groups is 1. The van der Waals surface area contributed by atoms with Gasteiger partial charge in [0.1, 0.15) is 23.7 Å². The number of esters is 1. The fourth-order valence-corrected chi connectivity index (χ4v) is 7.29. The minimum atomic E-state index is -0.836. The molecule has 6 aromatic rings. The molecule has 3 aromatic heterocycles. The molecule has 2 aliphatic rings. The lowest BCUT2D eigenvalue weighted by atomic mass is 10.1. The van der Waals surface area contributed by atoms with Crippen LogP contribution in [0, 0.1) is 5.82 Å². The van der Waals surface area contributed by atoms with Crippen LogP contribution in [-0.4, -0.2) is 71.6 Å². The van der Waals surface area contributed by atoms with Crippen molar-refractivity contribution in [3.8, 4) is 11.4 Å². The van der Waals surface area contributed by atoms with Gasteiger partial charge in [-0.25, -0.2) is 18.5 Å². The lowest BCUT2D eigenvalue weighted by Crippen LogP contribution is -2.46. The summed E-state index contributed by atoms with van der Waals surface area (Å²) < 4.78 is 26.2. The molecule has 0 bridgehead atoms. The molecule has 0 unspecified atom stereocenters. The lowest BCUT2D eigenvalue weighted by Gasteiger charge is -2.36. The number of ether oxygens (including phenoxy) is 1. The SMILES string of the molecule is O=C(OCc1cn(-c2ccc(Cl)cc2Cl)nn1)c1cn(C2CC2)c2cc(N3CCN(Cc4cn(-c5ccc(Cl)cc5Cl)nn4)CC3)c(F)cc2c1=O. The van der Waals surface area contributed by atoms with E-state index in [0.29, 0.717) is 81.1 Å². The summed E-state index contributed by atoms with van der Waals surface area (Å²) in [4.78, 5) is 31.1. The molecule has 0 N–H and O–H groups in total. The number of halogens is 5. The first-order valence-corrected chi connectivity index (χ1v) is 17.9. The number of aromatic nitrogens is 7. The Morgan fingerprint density at radius 1 is 0.788 bits per heavy atom. The van der Waals surface area contributed by atoms with Crippen LogP contribution in [0.25, 0.3) is 22.3 Å². The van der Waals surface area contributed by atoms with E-state index >= 15 is 4.39 Å². The van der Waals surface area contributed by atoms with Gasteiger partial charge in [0.15, 0.2) is 0 Å². The Hall–Kier alpha value is -4.53. The molecular weight excluding hydrogens is 755 g/mol. The lowest BCUT2D eigenvalue weighted by molar-refractivity contribution is 0.0465. The third-order valence-electron chi connectivity index (χ3n) is 9.11. The van der Waals surface area contributed by atoms with Crippen molar-refractivity contribution in [3.05, 3.63) is 120 Å². The number of nitrogens with zero attached hydrogens (tertiary/aromatic N) is 9. The van der Waals surface area contributed by atoms with Crippen molar-refractivity contribution in [2.45, 2.75) is 32.0 Å². The minimum Gasteiger partial charge on any atom is -0.455 e. The average molecular weight is 783 g/mol. The number of anilines is 1. The van der Waals surface area contributed by atoms with Gasteiger partial charge in [-0.1, -0.05) is 56.8 Å². The van der Waals surface area contributed by atoms with Crippen molar-refractivity contribution in [2.75, 3.05) is 31.1 Å². The van der Waals surface area contributed by atoms with Crippen molar-refractivity contribution in [2.24, 2.45) is 0 Å². The van der Waals surface area contributed by atoms with E-state index in [1.54, 1.807) is 53.3 Å². The first-order valence-electron chi connectivity index (χ1n) is 16.4. The van der Waals surface area contributed by atoms with Crippen LogP contribution in [0.15, 0.2) is 71.9 Å². The van der Waals surface area contributed by atoms with Gasteiger partial charge >= 0.3 is 5.97 Å². The molecule has 12 nitrogen and oxygen atoms in total. The van der Waals surface area contributed by atoms with E-state index in [2.05, 4.69) is 25.5 Å². The summed E-state index contributed by atoms with van der Waals surface area (Å²) in [5.41, 5.74) is 2.54. The summed E-state index contributed by atoms with van der Waals surface area (Å²) in [5, 5.41) is 18.6. The monoisotopic (exact) mass is 781 g/mol. The molecule has 17 heteroatoms. The first kappa shape index (κ1) is 34.6. The predicted molar refractivity (Wildman–Crippen MR) is 196 cm³/mol. The van der Waals surface area contributed by atoms with E-state index in [9.17, 15) is 9.59 Å². The fourth-order valence-electron chi connectivity index (χ4n) is 6.30. The van der Waals surface area contributed by atoms with Crippen LogP contribution in [0.2, 0.25) is 20.1 Å². The van der Waals surface area contributed by atoms with Gasteiger partial charge in [-0.3, -0.25) is 9.69 Å². The molecule has 1 saturated carbocycles. The summed E-state index contributed by atoms with van der Waals surface area (Å²) in [6.45, 7) is 2.77. The minimum absolute atomic E-state index is 0.0880. The molecule has 52 heavy (non-hydrogen) atoms. The molecule has 0 spiro atoms. The summed E-state index contributed by atoms with van der Waals surface area (Å²) in [7, 11) is 0. The number of hydrogen-bond acceptors (Lipinski definition) is 9. The molecule has 2 fully saturated rings. The molecule has 4 heterocycles. The molecule has 266 valence electrons. The fraction of sp³-hybridized carbons (Fsp3) is 0.257. The van der Waals surface area contributed by atoms with Gasteiger partial charge in [-0.2, -0.15) is 0 Å². The molecule has 0 atom stereocenters. The van der Waals surface area contributed by atoms with Gasteiger partial charge in [0.25, 0.3) is 0 Å². The second-order valence-electron chi connectivity index (χ2n) is 12.7. The Balaban J connectivity index is 0.961. The van der Waals surface area contributed by atoms with Crippen LogP contribution in [0.4, 0.5) is 10.1 Å². The highest BCUT2D eigenvalue weighted by atomic mass is 35.5. The van der Waals surface area contributed by atoms with Gasteiger partial charge < -0.3 is 14.2 Å². The summed E-state index contributed by atoms with van der Waals surface area (Å²) in [6.07, 6.45) is 6.67. The maximum atomic E-state index is 15.8. The molecule has 1 aliphatic heterocycles. The Bertz CT molecular complexity index is 2400. The van der Waals surface area contributed by atoms with E-state index in [1.807, 2.05) is 15.7 Å². The molecule has 0 amide bonds. The molecular formula is C35H28Cl4FN9O3. The van der Waals surface area contributed by atoms with Crippen LogP contribution in [0.3, 0.4) is 0 Å². The predicted octanol–water partition coefficient (Wildman–Crippen LogP) is 6.93. The van der Waals surface area contributed by atoms with E-state index in [-0.39, 0.29) is 23.6 Å². The zero-order chi connectivity index (χ0) is 36.1. The number of piperazine rings is 1. The zero-order valence-electron chi connectivity index (χ0n) is 27.2. The van der Waals surface area contributed by atoms with Crippen LogP contribution in [0.1, 0.15) is 40.6 Å². The Kier molecular flexibility index (Phi) is 9.39. The van der Waals surface area contributed by atoms with Crippen LogP contribution >= 0.6 is 46.4 Å². The molecule has 0 radical (unpaired) electrons. The van der Waals surface area contributed by atoms with Crippen molar-refractivity contribution in [1.82, 2.24) is 39.5 Å². The summed E-state index contributed by atoms with van der Waals surface area (Å²) in [6, 6.07) is 13.1. The highest BCUT2D eigenvalue weighted by Gasteiger charge is 2.29. The van der Waals surface area contributed by atoms with E-state index < -0.39 is 17.2 Å². The number of fused-ring (bicyclic) bond motifs is 1. The van der Waals surface area contributed by atoms with Gasteiger partial charge in [0, 0.05) is 60.4 Å². The third kappa shape index (κ3) is 6.98. The number of carbonyl (C=O) groups excluding carboxylic acids is 1.